The van der Waals surface area contributed by atoms with E-state index in [9.17, 15) is 4.79 Å². The van der Waals surface area contributed by atoms with Crippen molar-refractivity contribution in [1.82, 2.24) is 5.32 Å². The van der Waals surface area contributed by atoms with Crippen molar-refractivity contribution in [2.45, 2.75) is 53.0 Å². The number of benzene rings is 2. The summed E-state index contributed by atoms with van der Waals surface area (Å²) >= 11 is 0. The largest absolute Gasteiger partial charge is 0.496 e. The van der Waals surface area contributed by atoms with E-state index in [1.165, 1.54) is 0 Å². The Labute approximate surface area is 157 Å². The Morgan fingerprint density at radius 3 is 2.27 bits per heavy atom. The number of hydrogen-bond donors (Lipinski definition) is 1. The first-order valence-electron chi connectivity index (χ1n) is 9.37. The van der Waals surface area contributed by atoms with Crippen LogP contribution in [0, 0.1) is 12.8 Å². The number of rotatable bonds is 7. The average molecular weight is 354 g/mol. The first-order chi connectivity index (χ1) is 12.3. The van der Waals surface area contributed by atoms with Crippen molar-refractivity contribution in [2.24, 2.45) is 5.92 Å². The summed E-state index contributed by atoms with van der Waals surface area (Å²) in [5.74, 6) is 1.60. The molecule has 3 heteroatoms. The Balaban J connectivity index is 2.33. The highest BCUT2D eigenvalue weighted by atomic mass is 16.5. The molecule has 2 aromatic rings. The summed E-state index contributed by atoms with van der Waals surface area (Å²) in [6.07, 6.45) is 0.905. The number of ether oxygens (including phenoxy) is 1. The van der Waals surface area contributed by atoms with Crippen LogP contribution >= 0.6 is 0 Å². The van der Waals surface area contributed by atoms with Crippen molar-refractivity contribution >= 4 is 5.91 Å². The Morgan fingerprint density at radius 2 is 1.73 bits per heavy atom. The van der Waals surface area contributed by atoms with E-state index in [2.05, 4.69) is 45.1 Å². The predicted octanol–water partition coefficient (Wildman–Crippen LogP) is 5.64. The van der Waals surface area contributed by atoms with Crippen LogP contribution in [0.15, 0.2) is 42.5 Å². The van der Waals surface area contributed by atoms with E-state index < -0.39 is 0 Å². The van der Waals surface area contributed by atoms with Crippen LogP contribution in [-0.2, 0) is 0 Å². The first kappa shape index (κ1) is 20.0. The van der Waals surface area contributed by atoms with Gasteiger partial charge in [0.15, 0.2) is 0 Å². The second-order valence-electron chi connectivity index (χ2n) is 7.63. The van der Waals surface area contributed by atoms with Gasteiger partial charge in [0.2, 0.25) is 0 Å². The van der Waals surface area contributed by atoms with Gasteiger partial charge in [0.05, 0.1) is 13.2 Å². The van der Waals surface area contributed by atoms with Gasteiger partial charge in [0, 0.05) is 5.56 Å². The van der Waals surface area contributed by atoms with E-state index in [0.717, 1.165) is 34.4 Å². The van der Waals surface area contributed by atoms with Crippen molar-refractivity contribution in [3.63, 3.8) is 0 Å². The maximum absolute atomic E-state index is 13.1. The number of amides is 1. The molecule has 26 heavy (non-hydrogen) atoms. The summed E-state index contributed by atoms with van der Waals surface area (Å²) < 4.78 is 5.49. The molecule has 0 spiro atoms. The topological polar surface area (TPSA) is 38.3 Å². The minimum absolute atomic E-state index is 0.00713. The van der Waals surface area contributed by atoms with Gasteiger partial charge in [-0.3, -0.25) is 4.79 Å². The summed E-state index contributed by atoms with van der Waals surface area (Å²) in [6, 6.07) is 14.1. The molecule has 0 aliphatic carbocycles. The van der Waals surface area contributed by atoms with Gasteiger partial charge in [-0.25, -0.2) is 0 Å². The zero-order valence-electron chi connectivity index (χ0n) is 16.8. The van der Waals surface area contributed by atoms with Crippen molar-refractivity contribution in [2.75, 3.05) is 7.11 Å². The second kappa shape index (κ2) is 8.88. The monoisotopic (exact) mass is 353 g/mol. The lowest BCUT2D eigenvalue weighted by Gasteiger charge is -2.22. The number of hydrogen-bond acceptors (Lipinski definition) is 2. The molecule has 140 valence electrons. The maximum Gasteiger partial charge on any atom is 0.252 e. The lowest BCUT2D eigenvalue weighted by atomic mass is 9.94. The van der Waals surface area contributed by atoms with Gasteiger partial charge >= 0.3 is 0 Å². The molecule has 0 saturated carbocycles. The highest BCUT2D eigenvalue weighted by Crippen LogP contribution is 2.30. The molecule has 2 rings (SSSR count). The predicted molar refractivity (Wildman–Crippen MR) is 108 cm³/mol. The van der Waals surface area contributed by atoms with Crippen LogP contribution in [0.4, 0.5) is 0 Å². The van der Waals surface area contributed by atoms with Crippen LogP contribution in [0.5, 0.6) is 5.75 Å². The molecule has 1 unspecified atom stereocenters. The molecule has 0 saturated heterocycles. The molecule has 0 heterocycles. The zero-order chi connectivity index (χ0) is 19.3. The van der Waals surface area contributed by atoms with E-state index >= 15 is 0 Å². The van der Waals surface area contributed by atoms with Crippen LogP contribution in [0.3, 0.4) is 0 Å². The zero-order valence-corrected chi connectivity index (χ0v) is 16.8. The third-order valence-corrected chi connectivity index (χ3v) is 4.66. The van der Waals surface area contributed by atoms with E-state index in [4.69, 9.17) is 4.74 Å². The van der Waals surface area contributed by atoms with Gasteiger partial charge in [-0.1, -0.05) is 58.0 Å². The normalized spacial score (nSPS) is 12.3. The summed E-state index contributed by atoms with van der Waals surface area (Å²) in [5, 5.41) is 3.25. The molecule has 0 aromatic heterocycles. The van der Waals surface area contributed by atoms with Gasteiger partial charge in [-0.15, -0.1) is 0 Å². The van der Waals surface area contributed by atoms with E-state index in [1.807, 2.05) is 37.3 Å². The molecular formula is C23H31NO2. The van der Waals surface area contributed by atoms with Crippen LogP contribution in [0.25, 0.3) is 0 Å². The maximum atomic E-state index is 13.1. The Hall–Kier alpha value is -2.29. The molecule has 3 nitrogen and oxygen atoms in total. The van der Waals surface area contributed by atoms with Crippen LogP contribution in [0.2, 0.25) is 0 Å². The molecule has 1 atom stereocenters. The number of methoxy groups -OCH3 is 1. The molecule has 0 aliphatic rings. The number of aryl methyl sites for hydroxylation is 1. The summed E-state index contributed by atoms with van der Waals surface area (Å²) in [7, 11) is 1.68. The first-order valence-corrected chi connectivity index (χ1v) is 9.37. The fourth-order valence-corrected chi connectivity index (χ4v) is 3.24. The van der Waals surface area contributed by atoms with Crippen molar-refractivity contribution in [3.8, 4) is 5.75 Å². The molecule has 2 aromatic carbocycles. The Kier molecular flexibility index (Phi) is 6.84. The quantitative estimate of drug-likeness (QED) is 0.699. The Bertz CT molecular complexity index is 735. The SMILES string of the molecule is COc1cc(C)c(C(=O)NC(CC(C)C)c2ccccc2)cc1C(C)C. The minimum atomic E-state index is -0.0263. The number of carbonyl (C=O) groups is 1. The lowest BCUT2D eigenvalue weighted by molar-refractivity contribution is 0.0931. The van der Waals surface area contributed by atoms with E-state index in [0.29, 0.717) is 5.92 Å². The van der Waals surface area contributed by atoms with Gasteiger partial charge in [-0.05, 0) is 54.0 Å². The van der Waals surface area contributed by atoms with Crippen LogP contribution in [-0.4, -0.2) is 13.0 Å². The summed E-state index contributed by atoms with van der Waals surface area (Å²) in [5.41, 5.74) is 3.85. The average Bonchev–Trinajstić information content (AvgIpc) is 2.60. The molecular weight excluding hydrogens is 322 g/mol. The fraction of sp³-hybridized carbons (Fsp3) is 0.435. The van der Waals surface area contributed by atoms with Crippen LogP contribution < -0.4 is 10.1 Å². The van der Waals surface area contributed by atoms with Crippen molar-refractivity contribution < 1.29 is 9.53 Å². The molecule has 0 bridgehead atoms. The van der Waals surface area contributed by atoms with E-state index in [1.54, 1.807) is 7.11 Å². The number of carbonyl (C=O) groups excluding carboxylic acids is 1. The highest BCUT2D eigenvalue weighted by molar-refractivity contribution is 5.96. The Morgan fingerprint density at radius 1 is 1.08 bits per heavy atom. The molecule has 0 fully saturated rings. The highest BCUT2D eigenvalue weighted by Gasteiger charge is 2.20. The molecule has 1 amide bonds. The minimum Gasteiger partial charge on any atom is -0.496 e. The fourth-order valence-electron chi connectivity index (χ4n) is 3.24. The standard InChI is InChI=1S/C23H31NO2/c1-15(2)12-21(18-10-8-7-9-11-18)24-23(25)20-14-19(16(3)4)22(26-6)13-17(20)5/h7-11,13-16,21H,12H2,1-6H3,(H,24,25). The second-order valence-corrected chi connectivity index (χ2v) is 7.63. The molecule has 0 aliphatic heterocycles. The van der Waals surface area contributed by atoms with Crippen LogP contribution in [0.1, 0.15) is 73.1 Å². The third-order valence-electron chi connectivity index (χ3n) is 4.66. The van der Waals surface area contributed by atoms with Gasteiger partial charge in [0.1, 0.15) is 5.75 Å². The third kappa shape index (κ3) is 4.87. The van der Waals surface area contributed by atoms with Gasteiger partial charge in [0.25, 0.3) is 5.91 Å². The van der Waals surface area contributed by atoms with Crippen molar-refractivity contribution in [3.05, 3.63) is 64.7 Å². The summed E-state index contributed by atoms with van der Waals surface area (Å²) in [4.78, 5) is 13.1. The van der Waals surface area contributed by atoms with Gasteiger partial charge < -0.3 is 10.1 Å². The number of nitrogens with one attached hydrogen (secondary N) is 1. The summed E-state index contributed by atoms with van der Waals surface area (Å²) in [6.45, 7) is 10.5. The van der Waals surface area contributed by atoms with Gasteiger partial charge in [-0.2, -0.15) is 0 Å². The molecule has 0 radical (unpaired) electrons. The molecule has 1 N–H and O–H groups in total. The smallest absolute Gasteiger partial charge is 0.252 e. The lowest BCUT2D eigenvalue weighted by Crippen LogP contribution is -2.30. The van der Waals surface area contributed by atoms with Crippen molar-refractivity contribution in [1.29, 1.82) is 0 Å². The van der Waals surface area contributed by atoms with E-state index in [-0.39, 0.29) is 17.9 Å².